The van der Waals surface area contributed by atoms with E-state index in [9.17, 15) is 10.0 Å². The van der Waals surface area contributed by atoms with Crippen molar-refractivity contribution >= 4 is 5.97 Å². The lowest BCUT2D eigenvalue weighted by molar-refractivity contribution is -0.290. The molecule has 1 aliphatic heterocycles. The van der Waals surface area contributed by atoms with Gasteiger partial charge in [0.05, 0.1) is 6.61 Å². The average Bonchev–Trinajstić information content (AvgIpc) is 2.39. The molecule has 129 valence electrons. The van der Waals surface area contributed by atoms with Crippen LogP contribution in [-0.2, 0) is 14.7 Å². The highest BCUT2D eigenvalue weighted by Gasteiger charge is 2.45. The summed E-state index contributed by atoms with van der Waals surface area (Å²) < 4.78 is 4.91. The third-order valence-electron chi connectivity index (χ3n) is 4.39. The van der Waals surface area contributed by atoms with Crippen molar-refractivity contribution in [2.24, 2.45) is 0 Å². The number of piperidine rings is 1. The van der Waals surface area contributed by atoms with Crippen molar-refractivity contribution in [2.75, 3.05) is 13.2 Å². The molecular weight excluding hydrogens is 280 g/mol. The zero-order chi connectivity index (χ0) is 16.8. The van der Waals surface area contributed by atoms with E-state index in [1.165, 1.54) is 5.06 Å². The second kappa shape index (κ2) is 8.27. The third-order valence-corrected chi connectivity index (χ3v) is 4.39. The van der Waals surface area contributed by atoms with E-state index >= 15 is 0 Å². The molecule has 0 amide bonds. The zero-order valence-electron chi connectivity index (χ0n) is 14.9. The van der Waals surface area contributed by atoms with Crippen LogP contribution in [0.1, 0.15) is 73.1 Å². The van der Waals surface area contributed by atoms with Crippen LogP contribution < -0.4 is 5.32 Å². The smallest absolute Gasteiger partial charge is 0.305 e. The van der Waals surface area contributed by atoms with Crippen molar-refractivity contribution in [1.29, 1.82) is 0 Å². The summed E-state index contributed by atoms with van der Waals surface area (Å²) in [4.78, 5) is 11.2. The van der Waals surface area contributed by atoms with Crippen LogP contribution in [0, 0.1) is 0 Å². The van der Waals surface area contributed by atoms with Gasteiger partial charge in [-0.25, -0.2) is 0 Å². The topological polar surface area (TPSA) is 61.5 Å². The summed E-state index contributed by atoms with van der Waals surface area (Å²) in [6.45, 7) is 11.3. The molecule has 1 saturated heterocycles. The molecule has 1 heterocycles. The Morgan fingerprint density at radius 2 is 1.73 bits per heavy atom. The Bertz CT molecular complexity index is 338. The van der Waals surface area contributed by atoms with Crippen LogP contribution in [0.2, 0.25) is 0 Å². The number of hydroxylamine groups is 2. The fourth-order valence-electron chi connectivity index (χ4n) is 3.52. The molecule has 1 N–H and O–H groups in total. The standard InChI is InChI=1S/C17H33N2O3/c1-6-22-15(20)10-8-7-9-11-18-14-12-16(2,3)19(21)17(4,5)13-14/h14,18H,6-13H2,1-5H3. The summed E-state index contributed by atoms with van der Waals surface area (Å²) in [6, 6.07) is 0.389. The first-order valence-corrected chi connectivity index (χ1v) is 8.55. The molecule has 1 fully saturated rings. The molecule has 0 unspecified atom stereocenters. The van der Waals surface area contributed by atoms with Crippen LogP contribution in [0.4, 0.5) is 0 Å². The second-order valence-corrected chi connectivity index (χ2v) is 7.59. The van der Waals surface area contributed by atoms with E-state index in [1.807, 2.05) is 34.6 Å². The van der Waals surface area contributed by atoms with Gasteiger partial charge in [-0.3, -0.25) is 4.79 Å². The number of unbranched alkanes of at least 4 members (excludes halogenated alkanes) is 2. The Labute approximate surface area is 135 Å². The molecule has 1 aliphatic rings. The highest BCUT2D eigenvalue weighted by molar-refractivity contribution is 5.69. The van der Waals surface area contributed by atoms with E-state index in [0.717, 1.165) is 38.6 Å². The molecular formula is C17H33N2O3. The summed E-state index contributed by atoms with van der Waals surface area (Å²) in [5.41, 5.74) is -0.632. The predicted molar refractivity (Wildman–Crippen MR) is 86.8 cm³/mol. The summed E-state index contributed by atoms with van der Waals surface area (Å²) in [5, 5.41) is 17.1. The largest absolute Gasteiger partial charge is 0.466 e. The normalized spacial score (nSPS) is 21.7. The van der Waals surface area contributed by atoms with Crippen LogP contribution in [-0.4, -0.2) is 41.3 Å². The SMILES string of the molecule is CCOC(=O)CCCCCNC1CC(C)(C)N([O])C(C)(C)C1. The lowest BCUT2D eigenvalue weighted by atomic mass is 9.79. The molecule has 0 saturated carbocycles. The lowest BCUT2D eigenvalue weighted by Gasteiger charge is -2.50. The number of rotatable bonds is 8. The van der Waals surface area contributed by atoms with Gasteiger partial charge in [0.2, 0.25) is 0 Å². The average molecular weight is 313 g/mol. The van der Waals surface area contributed by atoms with Crippen molar-refractivity contribution < 1.29 is 14.7 Å². The number of nitrogens with one attached hydrogen (secondary N) is 1. The molecule has 0 atom stereocenters. The van der Waals surface area contributed by atoms with Crippen molar-refractivity contribution in [3.05, 3.63) is 0 Å². The molecule has 0 aromatic carbocycles. The highest BCUT2D eigenvalue weighted by atomic mass is 16.5. The van der Waals surface area contributed by atoms with Crippen LogP contribution in [0.5, 0.6) is 0 Å². The van der Waals surface area contributed by atoms with Gasteiger partial charge in [0, 0.05) is 23.5 Å². The Morgan fingerprint density at radius 1 is 1.14 bits per heavy atom. The Morgan fingerprint density at radius 3 is 2.27 bits per heavy atom. The van der Waals surface area contributed by atoms with Crippen molar-refractivity contribution in [2.45, 2.75) is 90.3 Å². The Hall–Kier alpha value is -0.650. The molecule has 1 rings (SSSR count). The van der Waals surface area contributed by atoms with Crippen LogP contribution >= 0.6 is 0 Å². The molecule has 1 radical (unpaired) electrons. The maximum absolute atomic E-state index is 12.3. The molecule has 0 aromatic rings. The Balaban J connectivity index is 2.21. The molecule has 22 heavy (non-hydrogen) atoms. The van der Waals surface area contributed by atoms with Gasteiger partial charge in [-0.05, 0) is 66.8 Å². The zero-order valence-corrected chi connectivity index (χ0v) is 14.9. The van der Waals surface area contributed by atoms with Crippen molar-refractivity contribution in [3.8, 4) is 0 Å². The number of carbonyl (C=O) groups is 1. The van der Waals surface area contributed by atoms with E-state index in [1.54, 1.807) is 0 Å². The number of hydrogen-bond acceptors (Lipinski definition) is 4. The van der Waals surface area contributed by atoms with Gasteiger partial charge in [0.25, 0.3) is 0 Å². The minimum absolute atomic E-state index is 0.0956. The summed E-state index contributed by atoms with van der Waals surface area (Å²) in [6.07, 6.45) is 5.24. The molecule has 5 heteroatoms. The number of nitrogens with zero attached hydrogens (tertiary/aromatic N) is 1. The van der Waals surface area contributed by atoms with Gasteiger partial charge < -0.3 is 10.1 Å². The molecule has 0 bridgehead atoms. The van der Waals surface area contributed by atoms with Gasteiger partial charge in [-0.15, -0.1) is 10.3 Å². The number of hydrogen-bond donors (Lipinski definition) is 1. The summed E-state index contributed by atoms with van der Waals surface area (Å²) >= 11 is 0. The van der Waals surface area contributed by atoms with Crippen LogP contribution in [0.25, 0.3) is 0 Å². The Kier molecular flexibility index (Phi) is 7.29. The number of esters is 1. The summed E-state index contributed by atoms with van der Waals surface area (Å²) in [5.74, 6) is -0.0956. The van der Waals surface area contributed by atoms with Gasteiger partial charge in [-0.1, -0.05) is 6.42 Å². The van der Waals surface area contributed by atoms with Gasteiger partial charge in [0.15, 0.2) is 0 Å². The van der Waals surface area contributed by atoms with Crippen molar-refractivity contribution in [1.82, 2.24) is 10.4 Å². The van der Waals surface area contributed by atoms with Gasteiger partial charge in [0.1, 0.15) is 0 Å². The van der Waals surface area contributed by atoms with Gasteiger partial charge in [-0.2, -0.15) is 0 Å². The fraction of sp³-hybridized carbons (Fsp3) is 0.941. The number of carbonyl (C=O) groups excluding carboxylic acids is 1. The van der Waals surface area contributed by atoms with E-state index in [2.05, 4.69) is 5.32 Å². The van der Waals surface area contributed by atoms with E-state index in [0.29, 0.717) is 19.1 Å². The summed E-state index contributed by atoms with van der Waals surface area (Å²) in [7, 11) is 0. The van der Waals surface area contributed by atoms with Crippen LogP contribution in [0.3, 0.4) is 0 Å². The van der Waals surface area contributed by atoms with Crippen LogP contribution in [0.15, 0.2) is 0 Å². The monoisotopic (exact) mass is 313 g/mol. The first kappa shape index (κ1) is 19.4. The molecule has 5 nitrogen and oxygen atoms in total. The molecule has 0 aliphatic carbocycles. The predicted octanol–water partition coefficient (Wildman–Crippen LogP) is 3.07. The number of ether oxygens (including phenoxy) is 1. The first-order valence-electron chi connectivity index (χ1n) is 8.55. The van der Waals surface area contributed by atoms with E-state index in [4.69, 9.17) is 4.74 Å². The second-order valence-electron chi connectivity index (χ2n) is 7.59. The molecule has 0 aromatic heterocycles. The quantitative estimate of drug-likeness (QED) is 0.552. The minimum atomic E-state index is -0.316. The minimum Gasteiger partial charge on any atom is -0.466 e. The third kappa shape index (κ3) is 5.86. The highest BCUT2D eigenvalue weighted by Crippen LogP contribution is 2.36. The van der Waals surface area contributed by atoms with E-state index in [-0.39, 0.29) is 17.0 Å². The van der Waals surface area contributed by atoms with Gasteiger partial charge >= 0.3 is 5.97 Å². The maximum Gasteiger partial charge on any atom is 0.305 e. The first-order chi connectivity index (χ1) is 10.2. The maximum atomic E-state index is 12.3. The lowest BCUT2D eigenvalue weighted by Crippen LogP contribution is -2.61. The fourth-order valence-corrected chi connectivity index (χ4v) is 3.52. The molecule has 0 spiro atoms. The van der Waals surface area contributed by atoms with E-state index < -0.39 is 0 Å². The van der Waals surface area contributed by atoms with Crippen molar-refractivity contribution in [3.63, 3.8) is 0 Å².